The summed E-state index contributed by atoms with van der Waals surface area (Å²) in [7, 11) is 0. The lowest BCUT2D eigenvalue weighted by Crippen LogP contribution is -2.57. The molecule has 194 valence electrons. The Labute approximate surface area is 215 Å². The van der Waals surface area contributed by atoms with Gasteiger partial charge in [-0.1, -0.05) is 35.9 Å². The highest BCUT2D eigenvalue weighted by molar-refractivity contribution is 6.31. The molecule has 1 unspecified atom stereocenters. The van der Waals surface area contributed by atoms with Crippen LogP contribution in [0.2, 0.25) is 5.02 Å². The van der Waals surface area contributed by atoms with Crippen LogP contribution in [0.15, 0.2) is 42.5 Å². The van der Waals surface area contributed by atoms with E-state index in [1.165, 1.54) is 20.8 Å². The second-order valence-corrected chi connectivity index (χ2v) is 9.00. The Morgan fingerprint density at radius 2 is 1.44 bits per heavy atom. The number of esters is 3. The van der Waals surface area contributed by atoms with Gasteiger partial charge in [0, 0.05) is 25.8 Å². The molecule has 0 aliphatic carbocycles. The van der Waals surface area contributed by atoms with Gasteiger partial charge in [-0.2, -0.15) is 0 Å². The first kappa shape index (κ1) is 27.5. The van der Waals surface area contributed by atoms with Gasteiger partial charge in [0.15, 0.2) is 18.3 Å². The second kappa shape index (κ2) is 12.2. The van der Waals surface area contributed by atoms with Crippen LogP contribution in [0.3, 0.4) is 0 Å². The number of hydrogen-bond acceptors (Lipinski definition) is 8. The summed E-state index contributed by atoms with van der Waals surface area (Å²) in [5.41, 5.74) is 2.54. The van der Waals surface area contributed by atoms with E-state index in [0.717, 1.165) is 16.9 Å². The lowest BCUT2D eigenvalue weighted by molar-refractivity contribution is -0.245. The zero-order chi connectivity index (χ0) is 26.4. The monoisotopic (exact) mass is 518 g/mol. The molecule has 0 aromatic heterocycles. The van der Waals surface area contributed by atoms with Crippen molar-refractivity contribution in [2.24, 2.45) is 0 Å². The maximum Gasteiger partial charge on any atom is 0.303 e. The minimum absolute atomic E-state index is 0.545. The molecule has 2 aromatic rings. The van der Waals surface area contributed by atoms with E-state index in [0.29, 0.717) is 23.6 Å². The zero-order valence-corrected chi connectivity index (χ0v) is 21.7. The summed E-state index contributed by atoms with van der Waals surface area (Å²) in [5, 5.41) is 0.565. The fourth-order valence-corrected chi connectivity index (χ4v) is 4.46. The molecule has 0 saturated carbocycles. The van der Waals surface area contributed by atoms with Gasteiger partial charge in [0.05, 0.1) is 12.7 Å². The lowest BCUT2D eigenvalue weighted by Gasteiger charge is -2.44. The predicted molar refractivity (Wildman–Crippen MR) is 132 cm³/mol. The Hall–Kier alpha value is -3.10. The molecule has 0 radical (unpaired) electrons. The van der Waals surface area contributed by atoms with E-state index in [1.807, 2.05) is 37.3 Å². The SMILES string of the molecule is CCOc1ccc(Cc2cc([C@@H]3O[C@H](C)C(OC(C)=O)[C@H](OC(C)=O)[C@H]3OC(C)=O)ccc2Cl)cc1. The lowest BCUT2D eigenvalue weighted by atomic mass is 9.89. The average molecular weight is 519 g/mol. The van der Waals surface area contributed by atoms with Crippen molar-refractivity contribution >= 4 is 29.5 Å². The van der Waals surface area contributed by atoms with E-state index in [9.17, 15) is 14.4 Å². The van der Waals surface area contributed by atoms with Crippen LogP contribution >= 0.6 is 11.6 Å². The predicted octanol–water partition coefficient (Wildman–Crippen LogP) is 4.58. The molecule has 36 heavy (non-hydrogen) atoms. The standard InChI is InChI=1S/C27H31ClO8/c1-6-32-22-10-7-19(8-11-22)13-21-14-20(9-12-23(21)28)25-27(36-18(5)31)26(35-17(4)30)24(15(2)33-25)34-16(3)29/h7-12,14-15,24-27H,6,13H2,1-5H3/t15-,24?,25+,26+,27+/m1/s1. The largest absolute Gasteiger partial charge is 0.494 e. The Bertz CT molecular complexity index is 1080. The molecule has 0 amide bonds. The molecule has 2 aromatic carbocycles. The maximum absolute atomic E-state index is 12.0. The minimum Gasteiger partial charge on any atom is -0.494 e. The summed E-state index contributed by atoms with van der Waals surface area (Å²) in [6.45, 7) is 7.96. The number of rotatable bonds is 8. The van der Waals surface area contributed by atoms with Crippen LogP contribution < -0.4 is 4.74 Å². The number of carbonyl (C=O) groups is 3. The minimum atomic E-state index is -1.06. The molecule has 0 bridgehead atoms. The molecule has 5 atom stereocenters. The van der Waals surface area contributed by atoms with Crippen molar-refractivity contribution in [3.05, 3.63) is 64.2 Å². The van der Waals surface area contributed by atoms with Crippen LogP contribution in [-0.4, -0.2) is 48.9 Å². The highest BCUT2D eigenvalue weighted by Gasteiger charge is 2.50. The quantitative estimate of drug-likeness (QED) is 0.370. The van der Waals surface area contributed by atoms with Gasteiger partial charge in [0.25, 0.3) is 0 Å². The van der Waals surface area contributed by atoms with Crippen LogP contribution in [-0.2, 0) is 39.8 Å². The van der Waals surface area contributed by atoms with Crippen molar-refractivity contribution in [1.29, 1.82) is 0 Å². The van der Waals surface area contributed by atoms with E-state index < -0.39 is 48.4 Å². The number of ether oxygens (including phenoxy) is 5. The molecule has 1 aliphatic rings. The van der Waals surface area contributed by atoms with Gasteiger partial charge in [-0.3, -0.25) is 14.4 Å². The fraction of sp³-hybridized carbons (Fsp3) is 0.444. The van der Waals surface area contributed by atoms with Crippen molar-refractivity contribution in [2.45, 2.75) is 71.6 Å². The van der Waals surface area contributed by atoms with Gasteiger partial charge < -0.3 is 23.7 Å². The summed E-state index contributed by atoms with van der Waals surface area (Å²) in [5.74, 6) is -0.981. The van der Waals surface area contributed by atoms with Gasteiger partial charge >= 0.3 is 17.9 Å². The molecule has 1 heterocycles. The maximum atomic E-state index is 12.0. The molecular formula is C27H31ClO8. The van der Waals surface area contributed by atoms with E-state index in [2.05, 4.69) is 0 Å². The smallest absolute Gasteiger partial charge is 0.303 e. The van der Waals surface area contributed by atoms with Crippen LogP contribution in [0, 0.1) is 0 Å². The molecule has 3 rings (SSSR count). The van der Waals surface area contributed by atoms with E-state index >= 15 is 0 Å². The highest BCUT2D eigenvalue weighted by atomic mass is 35.5. The number of halogens is 1. The summed E-state index contributed by atoms with van der Waals surface area (Å²) < 4.78 is 28.2. The van der Waals surface area contributed by atoms with Crippen molar-refractivity contribution in [3.8, 4) is 5.75 Å². The topological polar surface area (TPSA) is 97.4 Å². The van der Waals surface area contributed by atoms with Crippen LogP contribution in [0.1, 0.15) is 57.4 Å². The van der Waals surface area contributed by atoms with Gasteiger partial charge in [-0.15, -0.1) is 0 Å². The van der Waals surface area contributed by atoms with Gasteiger partial charge in [-0.05, 0) is 55.2 Å². The molecule has 9 heteroatoms. The first-order valence-corrected chi connectivity index (χ1v) is 12.1. The molecule has 1 saturated heterocycles. The molecule has 1 fully saturated rings. The number of hydrogen-bond donors (Lipinski definition) is 0. The average Bonchev–Trinajstić information content (AvgIpc) is 2.80. The second-order valence-electron chi connectivity index (χ2n) is 8.59. The van der Waals surface area contributed by atoms with Crippen molar-refractivity contribution < 1.29 is 38.1 Å². The van der Waals surface area contributed by atoms with Crippen molar-refractivity contribution in [3.63, 3.8) is 0 Å². The molecule has 0 spiro atoms. The third-order valence-electron chi connectivity index (χ3n) is 5.70. The highest BCUT2D eigenvalue weighted by Crippen LogP contribution is 2.38. The molecule has 1 aliphatic heterocycles. The van der Waals surface area contributed by atoms with Gasteiger partial charge in [0.2, 0.25) is 0 Å². The van der Waals surface area contributed by atoms with E-state index in [1.54, 1.807) is 19.1 Å². The Morgan fingerprint density at radius 3 is 2.03 bits per heavy atom. The van der Waals surface area contributed by atoms with E-state index in [4.69, 9.17) is 35.3 Å². The van der Waals surface area contributed by atoms with Crippen molar-refractivity contribution in [2.75, 3.05) is 6.61 Å². The Balaban J connectivity index is 1.96. The third kappa shape index (κ3) is 6.98. The van der Waals surface area contributed by atoms with Crippen LogP contribution in [0.25, 0.3) is 0 Å². The van der Waals surface area contributed by atoms with Crippen molar-refractivity contribution in [1.82, 2.24) is 0 Å². The van der Waals surface area contributed by atoms with Gasteiger partial charge in [-0.25, -0.2) is 0 Å². The summed E-state index contributed by atoms with van der Waals surface area (Å²) in [4.78, 5) is 35.7. The summed E-state index contributed by atoms with van der Waals surface area (Å²) >= 11 is 6.52. The fourth-order valence-electron chi connectivity index (χ4n) is 4.28. The first-order valence-electron chi connectivity index (χ1n) is 11.8. The Kier molecular flexibility index (Phi) is 9.34. The molecule has 0 N–H and O–H groups in total. The van der Waals surface area contributed by atoms with Crippen LogP contribution in [0.5, 0.6) is 5.75 Å². The normalized spacial score (nSPS) is 23.4. The zero-order valence-electron chi connectivity index (χ0n) is 21.0. The number of benzene rings is 2. The Morgan fingerprint density at radius 1 is 0.861 bits per heavy atom. The van der Waals surface area contributed by atoms with E-state index in [-0.39, 0.29) is 0 Å². The van der Waals surface area contributed by atoms with Crippen LogP contribution in [0.4, 0.5) is 0 Å². The summed E-state index contributed by atoms with van der Waals surface area (Å²) in [6, 6.07) is 13.1. The summed E-state index contributed by atoms with van der Waals surface area (Å²) in [6.07, 6.45) is -3.97. The molecule has 8 nitrogen and oxygen atoms in total. The third-order valence-corrected chi connectivity index (χ3v) is 6.07. The van der Waals surface area contributed by atoms with Gasteiger partial charge in [0.1, 0.15) is 11.9 Å². The number of carbonyl (C=O) groups excluding carboxylic acids is 3. The first-order chi connectivity index (χ1) is 17.1. The molecular weight excluding hydrogens is 488 g/mol.